The van der Waals surface area contributed by atoms with Crippen LogP contribution in [-0.4, -0.2) is 12.2 Å². The van der Waals surface area contributed by atoms with Gasteiger partial charge in [-0.05, 0) is 65.6 Å². The summed E-state index contributed by atoms with van der Waals surface area (Å²) in [7, 11) is 0. The molecule has 0 saturated carbocycles. The summed E-state index contributed by atoms with van der Waals surface area (Å²) in [6.45, 7) is 2.29. The Morgan fingerprint density at radius 1 is 1.00 bits per heavy atom. The molecule has 31 heavy (non-hydrogen) atoms. The highest BCUT2D eigenvalue weighted by Crippen LogP contribution is 2.42. The number of ether oxygens (including phenoxy) is 1. The molecular weight excluding hydrogens is 424 g/mol. The van der Waals surface area contributed by atoms with Gasteiger partial charge in [-0.3, -0.25) is 0 Å². The molecule has 0 aliphatic heterocycles. The third kappa shape index (κ3) is 4.68. The fourth-order valence-electron chi connectivity index (χ4n) is 3.49. The average Bonchev–Trinajstić information content (AvgIpc) is 3.27. The van der Waals surface area contributed by atoms with E-state index in [1.165, 1.54) is 0 Å². The van der Waals surface area contributed by atoms with Crippen LogP contribution in [0, 0.1) is 6.92 Å². The van der Waals surface area contributed by atoms with E-state index in [0.29, 0.717) is 12.2 Å². The van der Waals surface area contributed by atoms with Gasteiger partial charge in [0.15, 0.2) is 0 Å². The van der Waals surface area contributed by atoms with Crippen LogP contribution in [-0.2, 0) is 6.61 Å². The van der Waals surface area contributed by atoms with Crippen LogP contribution in [0.1, 0.15) is 21.5 Å². The first-order valence-electron chi connectivity index (χ1n) is 9.82. The number of thioether (sulfide) groups is 1. The van der Waals surface area contributed by atoms with Crippen molar-refractivity contribution in [2.24, 2.45) is 0 Å². The molecule has 0 atom stereocenters. The zero-order valence-corrected chi connectivity index (χ0v) is 18.9. The predicted octanol–water partition coefficient (Wildman–Crippen LogP) is 6.05. The molecule has 0 spiro atoms. The maximum atomic E-state index is 11.3. The summed E-state index contributed by atoms with van der Waals surface area (Å²) in [4.78, 5) is 13.5. The molecule has 1 aromatic heterocycles. The van der Waals surface area contributed by atoms with E-state index in [9.17, 15) is 9.90 Å². The van der Waals surface area contributed by atoms with Crippen LogP contribution in [0.4, 0.5) is 0 Å². The Morgan fingerprint density at radius 3 is 2.52 bits per heavy atom. The van der Waals surface area contributed by atoms with Crippen LogP contribution in [0.25, 0.3) is 21.6 Å². The lowest BCUT2D eigenvalue weighted by Crippen LogP contribution is -2.23. The van der Waals surface area contributed by atoms with Crippen LogP contribution in [0.5, 0.6) is 5.75 Å². The number of carboxylic acid groups (broad SMARTS) is 1. The monoisotopic (exact) mass is 445 g/mol. The molecule has 1 heterocycles. The fourth-order valence-corrected chi connectivity index (χ4v) is 4.83. The predicted molar refractivity (Wildman–Crippen MR) is 127 cm³/mol. The standard InChI is InChI=1S/C26H22O3S2/c1-17-14-19(8-10-21(17)26(27)28)25-22(12-13-31-25)23-15-20(30-2)9-11-24(23)29-16-18-6-4-3-5-7-18/h3-15H,16H2,1-2H3,(H,27,28)/p-1. The van der Waals surface area contributed by atoms with E-state index < -0.39 is 5.97 Å². The Morgan fingerprint density at radius 2 is 1.81 bits per heavy atom. The zero-order chi connectivity index (χ0) is 21.8. The van der Waals surface area contributed by atoms with E-state index in [4.69, 9.17) is 4.74 Å². The second kappa shape index (κ2) is 9.41. The minimum absolute atomic E-state index is 0.220. The molecule has 0 N–H and O–H groups in total. The van der Waals surface area contributed by atoms with E-state index in [1.807, 2.05) is 48.5 Å². The maximum Gasteiger partial charge on any atom is 0.127 e. The van der Waals surface area contributed by atoms with Crippen molar-refractivity contribution in [3.05, 3.63) is 94.9 Å². The summed E-state index contributed by atoms with van der Waals surface area (Å²) in [5, 5.41) is 13.3. The Labute approximate surface area is 190 Å². The summed E-state index contributed by atoms with van der Waals surface area (Å²) in [5.41, 5.74) is 5.11. The van der Waals surface area contributed by atoms with Crippen molar-refractivity contribution < 1.29 is 14.6 Å². The number of hydrogen-bond acceptors (Lipinski definition) is 5. The summed E-state index contributed by atoms with van der Waals surface area (Å²) < 4.78 is 6.22. The molecular formula is C26H21O3S2-. The number of aryl methyl sites for hydroxylation is 1. The summed E-state index contributed by atoms with van der Waals surface area (Å²) in [5.74, 6) is -0.330. The highest BCUT2D eigenvalue weighted by Gasteiger charge is 2.16. The Hall–Kier alpha value is -3.02. The van der Waals surface area contributed by atoms with Crippen molar-refractivity contribution in [2.75, 3.05) is 6.26 Å². The number of benzene rings is 3. The molecule has 5 heteroatoms. The van der Waals surface area contributed by atoms with Crippen molar-refractivity contribution in [3.63, 3.8) is 0 Å². The van der Waals surface area contributed by atoms with Crippen molar-refractivity contribution in [1.82, 2.24) is 0 Å². The topological polar surface area (TPSA) is 49.4 Å². The van der Waals surface area contributed by atoms with Crippen LogP contribution in [0.3, 0.4) is 0 Å². The minimum atomic E-state index is -1.15. The van der Waals surface area contributed by atoms with Crippen molar-refractivity contribution in [3.8, 4) is 27.3 Å². The van der Waals surface area contributed by atoms with E-state index >= 15 is 0 Å². The smallest absolute Gasteiger partial charge is 0.127 e. The maximum absolute atomic E-state index is 11.3. The first-order valence-corrected chi connectivity index (χ1v) is 11.9. The minimum Gasteiger partial charge on any atom is -0.545 e. The van der Waals surface area contributed by atoms with Gasteiger partial charge in [-0.25, -0.2) is 0 Å². The second-order valence-electron chi connectivity index (χ2n) is 7.12. The molecule has 0 aliphatic carbocycles. The van der Waals surface area contributed by atoms with Crippen molar-refractivity contribution in [2.45, 2.75) is 18.4 Å². The highest BCUT2D eigenvalue weighted by molar-refractivity contribution is 7.98. The van der Waals surface area contributed by atoms with Crippen molar-refractivity contribution >= 4 is 29.1 Å². The number of carboxylic acids is 1. The largest absolute Gasteiger partial charge is 0.545 e. The van der Waals surface area contributed by atoms with Gasteiger partial charge in [0.05, 0.1) is 5.97 Å². The molecule has 0 bridgehead atoms. The van der Waals surface area contributed by atoms with E-state index in [0.717, 1.165) is 37.8 Å². The van der Waals surface area contributed by atoms with Crippen LogP contribution >= 0.6 is 23.1 Å². The van der Waals surface area contributed by atoms with E-state index in [2.05, 4.69) is 29.8 Å². The fraction of sp³-hybridized carbons (Fsp3) is 0.115. The first kappa shape index (κ1) is 21.2. The quantitative estimate of drug-likeness (QED) is 0.325. The van der Waals surface area contributed by atoms with Gasteiger partial charge in [-0.1, -0.05) is 42.5 Å². The molecule has 0 radical (unpaired) electrons. The Balaban J connectivity index is 1.74. The lowest BCUT2D eigenvalue weighted by atomic mass is 9.99. The summed E-state index contributed by atoms with van der Waals surface area (Å²) in [6.07, 6.45) is 2.06. The van der Waals surface area contributed by atoms with Crippen LogP contribution < -0.4 is 9.84 Å². The zero-order valence-electron chi connectivity index (χ0n) is 17.3. The molecule has 3 nitrogen and oxygen atoms in total. The second-order valence-corrected chi connectivity index (χ2v) is 8.91. The van der Waals surface area contributed by atoms with Gasteiger partial charge in [0.2, 0.25) is 0 Å². The number of carbonyl (C=O) groups is 1. The summed E-state index contributed by atoms with van der Waals surface area (Å²) in [6, 6.07) is 23.8. The van der Waals surface area contributed by atoms with E-state index in [1.54, 1.807) is 36.1 Å². The molecule has 4 rings (SSSR count). The average molecular weight is 446 g/mol. The third-order valence-corrected chi connectivity index (χ3v) is 6.78. The van der Waals surface area contributed by atoms with Gasteiger partial charge in [0.1, 0.15) is 12.4 Å². The van der Waals surface area contributed by atoms with Crippen molar-refractivity contribution in [1.29, 1.82) is 0 Å². The lowest BCUT2D eigenvalue weighted by molar-refractivity contribution is -0.255. The highest BCUT2D eigenvalue weighted by atomic mass is 32.2. The molecule has 156 valence electrons. The SMILES string of the molecule is CSc1ccc(OCc2ccccc2)c(-c2ccsc2-c2ccc(C(=O)[O-])c(C)c2)c1. The molecule has 0 unspecified atom stereocenters. The van der Waals surface area contributed by atoms with Crippen LogP contribution in [0.2, 0.25) is 0 Å². The third-order valence-electron chi connectivity index (χ3n) is 5.09. The van der Waals surface area contributed by atoms with Crippen LogP contribution in [0.15, 0.2) is 83.1 Å². The first-order chi connectivity index (χ1) is 15.1. The molecule has 4 aromatic rings. The number of rotatable bonds is 7. The van der Waals surface area contributed by atoms with Gasteiger partial charge in [0.25, 0.3) is 0 Å². The van der Waals surface area contributed by atoms with Gasteiger partial charge < -0.3 is 14.6 Å². The normalized spacial score (nSPS) is 10.8. The molecule has 0 saturated heterocycles. The number of thiophene rings is 1. The lowest BCUT2D eigenvalue weighted by Gasteiger charge is -2.15. The number of carbonyl (C=O) groups excluding carboxylic acids is 1. The van der Waals surface area contributed by atoms with Gasteiger partial charge in [-0.15, -0.1) is 23.1 Å². The Bertz CT molecular complexity index is 1210. The van der Waals surface area contributed by atoms with Gasteiger partial charge >= 0.3 is 0 Å². The number of hydrogen-bond donors (Lipinski definition) is 0. The summed E-state index contributed by atoms with van der Waals surface area (Å²) >= 11 is 3.32. The Kier molecular flexibility index (Phi) is 6.44. The molecule has 0 fully saturated rings. The van der Waals surface area contributed by atoms with Gasteiger partial charge in [0, 0.05) is 26.5 Å². The van der Waals surface area contributed by atoms with Gasteiger partial charge in [-0.2, -0.15) is 0 Å². The molecule has 3 aromatic carbocycles. The molecule has 0 amide bonds. The molecule has 0 aliphatic rings. The van der Waals surface area contributed by atoms with E-state index in [-0.39, 0.29) is 5.56 Å². The number of aromatic carboxylic acids is 1.